The van der Waals surface area contributed by atoms with Gasteiger partial charge in [-0.1, -0.05) is 33.6 Å². The van der Waals surface area contributed by atoms with Crippen LogP contribution in [-0.2, 0) is 9.59 Å². The summed E-state index contributed by atoms with van der Waals surface area (Å²) in [5, 5.41) is 12.3. The number of carbonyl (C=O) groups excluding carboxylic acids is 2. The van der Waals surface area contributed by atoms with E-state index in [1.807, 2.05) is 25.7 Å². The zero-order valence-electron chi connectivity index (χ0n) is 13.7. The van der Waals surface area contributed by atoms with Gasteiger partial charge < -0.3 is 15.3 Å². The highest BCUT2D eigenvalue weighted by atomic mass is 16.3. The molecule has 0 spiro atoms. The van der Waals surface area contributed by atoms with Gasteiger partial charge in [-0.25, -0.2) is 0 Å². The molecule has 1 rings (SSSR count). The average molecular weight is 298 g/mol. The molecule has 1 fully saturated rings. The van der Waals surface area contributed by atoms with Gasteiger partial charge in [0.25, 0.3) is 0 Å². The van der Waals surface area contributed by atoms with Crippen LogP contribution in [0.2, 0.25) is 0 Å². The van der Waals surface area contributed by atoms with E-state index >= 15 is 0 Å². The van der Waals surface area contributed by atoms with Gasteiger partial charge >= 0.3 is 0 Å². The molecule has 0 radical (unpaired) electrons. The van der Waals surface area contributed by atoms with Gasteiger partial charge in [0.1, 0.15) is 0 Å². The summed E-state index contributed by atoms with van der Waals surface area (Å²) in [4.78, 5) is 25.8. The monoisotopic (exact) mass is 298 g/mol. The fourth-order valence-electron chi connectivity index (χ4n) is 2.55. The molecule has 2 N–H and O–H groups in total. The lowest BCUT2D eigenvalue weighted by Gasteiger charge is -2.28. The molecule has 0 aromatic carbocycles. The minimum absolute atomic E-state index is 0.0120. The van der Waals surface area contributed by atoms with Crippen molar-refractivity contribution in [3.63, 3.8) is 0 Å². The van der Waals surface area contributed by atoms with Crippen molar-refractivity contribution in [3.8, 4) is 0 Å². The van der Waals surface area contributed by atoms with Crippen LogP contribution in [0.3, 0.4) is 0 Å². The van der Waals surface area contributed by atoms with Gasteiger partial charge in [-0.3, -0.25) is 9.59 Å². The molecule has 5 heteroatoms. The number of hydrogen-bond donors (Lipinski definition) is 2. The summed E-state index contributed by atoms with van der Waals surface area (Å²) in [6.07, 6.45) is 5.20. The topological polar surface area (TPSA) is 69.6 Å². The Labute approximate surface area is 128 Å². The normalized spacial score (nSPS) is 20.0. The molecule has 0 saturated carbocycles. The second kappa shape index (κ2) is 8.37. The summed E-state index contributed by atoms with van der Waals surface area (Å²) in [6.45, 7) is 6.94. The SMILES string of the molecule is CC(C)(C)C(=O)NCCCC(=O)N1CCCCCC1CO. The van der Waals surface area contributed by atoms with Crippen molar-refractivity contribution in [2.24, 2.45) is 5.41 Å². The number of carbonyl (C=O) groups is 2. The molecule has 0 aromatic heterocycles. The molecule has 122 valence electrons. The van der Waals surface area contributed by atoms with Gasteiger partial charge in [0.15, 0.2) is 0 Å². The van der Waals surface area contributed by atoms with E-state index in [-0.39, 0.29) is 24.5 Å². The van der Waals surface area contributed by atoms with E-state index in [0.717, 1.165) is 32.2 Å². The number of nitrogens with zero attached hydrogens (tertiary/aromatic N) is 1. The zero-order chi connectivity index (χ0) is 15.9. The Bertz CT molecular complexity index is 350. The van der Waals surface area contributed by atoms with E-state index in [9.17, 15) is 14.7 Å². The van der Waals surface area contributed by atoms with Crippen molar-refractivity contribution < 1.29 is 14.7 Å². The molecule has 1 saturated heterocycles. The van der Waals surface area contributed by atoms with Crippen LogP contribution in [0.5, 0.6) is 0 Å². The van der Waals surface area contributed by atoms with Crippen molar-refractivity contribution in [3.05, 3.63) is 0 Å². The molecule has 0 aromatic rings. The van der Waals surface area contributed by atoms with Crippen LogP contribution in [0.25, 0.3) is 0 Å². The van der Waals surface area contributed by atoms with Crippen molar-refractivity contribution in [2.45, 2.75) is 65.3 Å². The molecular formula is C16H30N2O3. The number of likely N-dealkylation sites (tertiary alicyclic amines) is 1. The van der Waals surface area contributed by atoms with Gasteiger partial charge in [-0.15, -0.1) is 0 Å². The van der Waals surface area contributed by atoms with Crippen LogP contribution in [-0.4, -0.2) is 47.6 Å². The highest BCUT2D eigenvalue weighted by Crippen LogP contribution is 2.18. The first-order valence-electron chi connectivity index (χ1n) is 8.05. The molecule has 0 bridgehead atoms. The van der Waals surface area contributed by atoms with Crippen molar-refractivity contribution in [1.82, 2.24) is 10.2 Å². The maximum absolute atomic E-state index is 12.3. The van der Waals surface area contributed by atoms with Gasteiger partial charge in [0, 0.05) is 24.9 Å². The van der Waals surface area contributed by atoms with Gasteiger partial charge in [-0.2, -0.15) is 0 Å². The molecule has 0 aliphatic carbocycles. The van der Waals surface area contributed by atoms with Crippen LogP contribution in [0.4, 0.5) is 0 Å². The summed E-state index contributed by atoms with van der Waals surface area (Å²) in [7, 11) is 0. The Morgan fingerprint density at radius 2 is 1.95 bits per heavy atom. The van der Waals surface area contributed by atoms with Gasteiger partial charge in [-0.05, 0) is 19.3 Å². The van der Waals surface area contributed by atoms with Crippen molar-refractivity contribution in [1.29, 1.82) is 0 Å². The fourth-order valence-corrected chi connectivity index (χ4v) is 2.55. The highest BCUT2D eigenvalue weighted by Gasteiger charge is 2.24. The predicted octanol–water partition coefficient (Wildman–Crippen LogP) is 1.69. The molecular weight excluding hydrogens is 268 g/mol. The molecule has 2 amide bonds. The molecule has 1 aliphatic heterocycles. The van der Waals surface area contributed by atoms with E-state index in [1.165, 1.54) is 0 Å². The number of aliphatic hydroxyl groups is 1. The average Bonchev–Trinajstić information content (AvgIpc) is 2.67. The quantitative estimate of drug-likeness (QED) is 0.759. The summed E-state index contributed by atoms with van der Waals surface area (Å²) in [5.74, 6) is 0.110. The number of aliphatic hydroxyl groups excluding tert-OH is 1. The maximum Gasteiger partial charge on any atom is 0.225 e. The van der Waals surface area contributed by atoms with E-state index in [1.54, 1.807) is 0 Å². The summed E-state index contributed by atoms with van der Waals surface area (Å²) in [6, 6.07) is -0.0239. The number of nitrogens with one attached hydrogen (secondary N) is 1. The van der Waals surface area contributed by atoms with E-state index in [2.05, 4.69) is 5.32 Å². The van der Waals surface area contributed by atoms with Crippen LogP contribution < -0.4 is 5.32 Å². The van der Waals surface area contributed by atoms with E-state index in [0.29, 0.717) is 19.4 Å². The minimum atomic E-state index is -0.392. The zero-order valence-corrected chi connectivity index (χ0v) is 13.7. The van der Waals surface area contributed by atoms with E-state index < -0.39 is 5.41 Å². The van der Waals surface area contributed by atoms with Crippen LogP contribution >= 0.6 is 0 Å². The highest BCUT2D eigenvalue weighted by molar-refractivity contribution is 5.81. The fraction of sp³-hybridized carbons (Fsp3) is 0.875. The molecule has 1 atom stereocenters. The summed E-state index contributed by atoms with van der Waals surface area (Å²) in [5.41, 5.74) is -0.392. The largest absolute Gasteiger partial charge is 0.394 e. The lowest BCUT2D eigenvalue weighted by molar-refractivity contribution is -0.135. The Kier molecular flexibility index (Phi) is 7.15. The number of rotatable bonds is 5. The van der Waals surface area contributed by atoms with E-state index in [4.69, 9.17) is 0 Å². The van der Waals surface area contributed by atoms with Crippen molar-refractivity contribution >= 4 is 11.8 Å². The minimum Gasteiger partial charge on any atom is -0.394 e. The van der Waals surface area contributed by atoms with Gasteiger partial charge in [0.05, 0.1) is 12.6 Å². The molecule has 1 heterocycles. The summed E-state index contributed by atoms with van der Waals surface area (Å²) >= 11 is 0. The van der Waals surface area contributed by atoms with Gasteiger partial charge in [0.2, 0.25) is 11.8 Å². The summed E-state index contributed by atoms with van der Waals surface area (Å²) < 4.78 is 0. The van der Waals surface area contributed by atoms with Crippen LogP contribution in [0, 0.1) is 5.41 Å². The molecule has 5 nitrogen and oxygen atoms in total. The maximum atomic E-state index is 12.3. The third-order valence-electron chi connectivity index (χ3n) is 3.94. The Hall–Kier alpha value is -1.10. The number of hydrogen-bond acceptors (Lipinski definition) is 3. The predicted molar refractivity (Wildman–Crippen MR) is 82.8 cm³/mol. The molecule has 1 unspecified atom stereocenters. The lowest BCUT2D eigenvalue weighted by atomic mass is 9.96. The Balaban J connectivity index is 2.33. The van der Waals surface area contributed by atoms with Crippen LogP contribution in [0.15, 0.2) is 0 Å². The molecule has 21 heavy (non-hydrogen) atoms. The number of amides is 2. The third-order valence-corrected chi connectivity index (χ3v) is 3.94. The Morgan fingerprint density at radius 3 is 2.57 bits per heavy atom. The second-order valence-electron chi connectivity index (χ2n) is 6.88. The lowest BCUT2D eigenvalue weighted by Crippen LogP contribution is -2.42. The first-order chi connectivity index (χ1) is 9.86. The first-order valence-corrected chi connectivity index (χ1v) is 8.05. The third kappa shape index (κ3) is 6.04. The molecule has 1 aliphatic rings. The second-order valence-corrected chi connectivity index (χ2v) is 6.88. The Morgan fingerprint density at radius 1 is 1.24 bits per heavy atom. The smallest absolute Gasteiger partial charge is 0.225 e. The van der Waals surface area contributed by atoms with Crippen LogP contribution in [0.1, 0.15) is 59.3 Å². The van der Waals surface area contributed by atoms with Crippen molar-refractivity contribution in [2.75, 3.05) is 19.7 Å². The standard InChI is InChI=1S/C16H30N2O3/c1-16(2,3)15(21)17-10-7-9-14(20)18-11-6-4-5-8-13(18)12-19/h13,19H,4-12H2,1-3H3,(H,17,21). The first kappa shape index (κ1) is 18.0.